The number of ether oxygens (including phenoxy) is 1. The highest BCUT2D eigenvalue weighted by Gasteiger charge is 2.28. The molecule has 0 aromatic heterocycles. The van der Waals surface area contributed by atoms with Crippen LogP contribution in [-0.2, 0) is 14.4 Å². The van der Waals surface area contributed by atoms with Crippen LogP contribution in [0.25, 0.3) is 0 Å². The third-order valence-electron chi connectivity index (χ3n) is 1.23. The summed E-state index contributed by atoms with van der Waals surface area (Å²) in [6, 6.07) is 0. The Balaban J connectivity index is 2.36. The van der Waals surface area contributed by atoms with Crippen molar-refractivity contribution in [2.24, 2.45) is 5.16 Å². The monoisotopic (exact) mass is 159 g/mol. The highest BCUT2D eigenvalue weighted by atomic mass is 16.7. The number of carboxylic acids is 1. The molecule has 1 aliphatic heterocycles. The molecule has 11 heavy (non-hydrogen) atoms. The predicted octanol–water partition coefficient (Wildman–Crippen LogP) is 0.210. The van der Waals surface area contributed by atoms with E-state index in [0.29, 0.717) is 12.5 Å². The second-order valence-electron chi connectivity index (χ2n) is 2.05. The summed E-state index contributed by atoms with van der Waals surface area (Å²) in [4.78, 5) is 14.8. The molecule has 0 aliphatic carbocycles. The van der Waals surface area contributed by atoms with Crippen molar-refractivity contribution in [3.8, 4) is 0 Å². The number of hydrogen-bond acceptors (Lipinski definition) is 4. The van der Waals surface area contributed by atoms with E-state index in [1.54, 1.807) is 6.92 Å². The maximum absolute atomic E-state index is 10.3. The Hall–Kier alpha value is -1.26. The zero-order valence-corrected chi connectivity index (χ0v) is 6.11. The van der Waals surface area contributed by atoms with E-state index in [1.807, 2.05) is 0 Å². The molecule has 0 aromatic rings. The Morgan fingerprint density at radius 1 is 2.00 bits per heavy atom. The van der Waals surface area contributed by atoms with Gasteiger partial charge in [0.1, 0.15) is 0 Å². The summed E-state index contributed by atoms with van der Waals surface area (Å²) < 4.78 is 4.94. The van der Waals surface area contributed by atoms with Gasteiger partial charge in [0.2, 0.25) is 12.0 Å². The Morgan fingerprint density at radius 3 is 3.18 bits per heavy atom. The molecule has 0 saturated heterocycles. The fourth-order valence-electron chi connectivity index (χ4n) is 0.740. The van der Waals surface area contributed by atoms with Gasteiger partial charge >= 0.3 is 5.97 Å². The lowest BCUT2D eigenvalue weighted by Gasteiger charge is -1.99. The molecular weight excluding hydrogens is 150 g/mol. The molecule has 1 heterocycles. The number of oxime groups is 1. The van der Waals surface area contributed by atoms with Crippen molar-refractivity contribution in [3.63, 3.8) is 0 Å². The van der Waals surface area contributed by atoms with Crippen LogP contribution in [0.5, 0.6) is 0 Å². The molecule has 62 valence electrons. The van der Waals surface area contributed by atoms with Gasteiger partial charge in [-0.25, -0.2) is 4.79 Å². The molecule has 1 rings (SSSR count). The lowest BCUT2D eigenvalue weighted by Crippen LogP contribution is -2.20. The van der Waals surface area contributed by atoms with Gasteiger partial charge in [0.05, 0.1) is 13.0 Å². The molecule has 0 bridgehead atoms. The maximum Gasteiger partial charge on any atom is 0.348 e. The van der Waals surface area contributed by atoms with E-state index in [0.717, 1.165) is 0 Å². The molecule has 1 aliphatic rings. The van der Waals surface area contributed by atoms with E-state index < -0.39 is 12.1 Å². The highest BCUT2D eigenvalue weighted by Crippen LogP contribution is 2.10. The molecule has 0 saturated carbocycles. The molecule has 1 unspecified atom stereocenters. The first-order valence-corrected chi connectivity index (χ1v) is 3.32. The van der Waals surface area contributed by atoms with E-state index in [9.17, 15) is 4.79 Å². The molecule has 0 amide bonds. The van der Waals surface area contributed by atoms with Crippen LogP contribution in [0.4, 0.5) is 0 Å². The summed E-state index contributed by atoms with van der Waals surface area (Å²) in [5, 5.41) is 11.9. The lowest BCUT2D eigenvalue weighted by atomic mass is 10.3. The zero-order chi connectivity index (χ0) is 8.27. The largest absolute Gasteiger partial charge is 0.479 e. The highest BCUT2D eigenvalue weighted by molar-refractivity contribution is 5.85. The van der Waals surface area contributed by atoms with Crippen LogP contribution in [0.1, 0.15) is 13.3 Å². The van der Waals surface area contributed by atoms with E-state index in [1.165, 1.54) is 0 Å². The van der Waals surface area contributed by atoms with Crippen molar-refractivity contribution in [3.05, 3.63) is 0 Å². The van der Waals surface area contributed by atoms with Gasteiger partial charge in [-0.05, 0) is 6.92 Å². The second-order valence-corrected chi connectivity index (χ2v) is 2.05. The van der Waals surface area contributed by atoms with Gasteiger partial charge in [-0.3, -0.25) is 0 Å². The quantitative estimate of drug-likeness (QED) is 0.625. The van der Waals surface area contributed by atoms with Crippen molar-refractivity contribution in [1.82, 2.24) is 0 Å². The van der Waals surface area contributed by atoms with Crippen LogP contribution in [0.3, 0.4) is 0 Å². The van der Waals surface area contributed by atoms with Crippen LogP contribution in [0.15, 0.2) is 5.16 Å². The van der Waals surface area contributed by atoms with Crippen molar-refractivity contribution in [1.29, 1.82) is 0 Å². The van der Waals surface area contributed by atoms with E-state index in [-0.39, 0.29) is 6.42 Å². The third kappa shape index (κ3) is 1.83. The summed E-state index contributed by atoms with van der Waals surface area (Å²) >= 11 is 0. The van der Waals surface area contributed by atoms with Crippen LogP contribution >= 0.6 is 0 Å². The Kier molecular flexibility index (Phi) is 2.30. The lowest BCUT2D eigenvalue weighted by molar-refractivity contribution is -0.148. The van der Waals surface area contributed by atoms with E-state index >= 15 is 0 Å². The number of rotatable bonds is 2. The minimum atomic E-state index is -1.01. The summed E-state index contributed by atoms with van der Waals surface area (Å²) in [7, 11) is 0. The van der Waals surface area contributed by atoms with Crippen molar-refractivity contribution in [2.75, 3.05) is 6.61 Å². The molecule has 1 N–H and O–H groups in total. The average Bonchev–Trinajstić information content (AvgIpc) is 2.37. The summed E-state index contributed by atoms with van der Waals surface area (Å²) in [5.41, 5.74) is 0. The fourth-order valence-corrected chi connectivity index (χ4v) is 0.740. The number of nitrogens with zero attached hydrogens (tertiary/aromatic N) is 1. The number of carbonyl (C=O) groups is 1. The molecule has 5 nitrogen and oxygen atoms in total. The van der Waals surface area contributed by atoms with Gasteiger partial charge < -0.3 is 14.7 Å². The zero-order valence-electron chi connectivity index (χ0n) is 6.11. The molecular formula is C6H9NO4. The van der Waals surface area contributed by atoms with Crippen LogP contribution in [0.2, 0.25) is 0 Å². The standard InChI is InChI=1S/C6H9NO4/c1-2-10-5-3-4(6(8)9)11-7-5/h4H,2-3H2,1H3,(H,8,9). The Bertz CT molecular complexity index is 189. The van der Waals surface area contributed by atoms with Crippen LogP contribution in [-0.4, -0.2) is 29.7 Å². The van der Waals surface area contributed by atoms with Gasteiger partial charge in [-0.15, -0.1) is 0 Å². The first-order chi connectivity index (χ1) is 5.24. The van der Waals surface area contributed by atoms with Gasteiger partial charge in [0.15, 0.2) is 0 Å². The molecule has 0 spiro atoms. The molecule has 5 heteroatoms. The van der Waals surface area contributed by atoms with Crippen molar-refractivity contribution in [2.45, 2.75) is 19.4 Å². The Labute approximate surface area is 63.6 Å². The fraction of sp³-hybridized carbons (Fsp3) is 0.667. The van der Waals surface area contributed by atoms with Gasteiger partial charge in [-0.1, -0.05) is 5.16 Å². The van der Waals surface area contributed by atoms with Gasteiger partial charge in [0.25, 0.3) is 0 Å². The Morgan fingerprint density at radius 2 is 2.73 bits per heavy atom. The van der Waals surface area contributed by atoms with Crippen molar-refractivity contribution < 1.29 is 19.5 Å². The SMILES string of the molecule is CCOC1=NOC(C(=O)O)C1. The summed E-state index contributed by atoms with van der Waals surface area (Å²) in [6.45, 7) is 2.28. The summed E-state index contributed by atoms with van der Waals surface area (Å²) in [5.74, 6) is -0.650. The molecule has 1 atom stereocenters. The topological polar surface area (TPSA) is 68.1 Å². The maximum atomic E-state index is 10.3. The predicted molar refractivity (Wildman–Crippen MR) is 36.2 cm³/mol. The van der Waals surface area contributed by atoms with Crippen LogP contribution < -0.4 is 0 Å². The minimum Gasteiger partial charge on any atom is -0.479 e. The number of hydrogen-bond donors (Lipinski definition) is 1. The number of carboxylic acid groups (broad SMARTS) is 1. The minimum absolute atomic E-state index is 0.225. The van der Waals surface area contributed by atoms with E-state index in [2.05, 4.69) is 9.99 Å². The third-order valence-corrected chi connectivity index (χ3v) is 1.23. The molecule has 0 aromatic carbocycles. The summed E-state index contributed by atoms with van der Waals surface area (Å²) in [6.07, 6.45) is -0.639. The number of aliphatic carboxylic acids is 1. The average molecular weight is 159 g/mol. The normalized spacial score (nSPS) is 22.3. The first kappa shape index (κ1) is 7.84. The second kappa shape index (κ2) is 3.23. The first-order valence-electron chi connectivity index (χ1n) is 3.32. The molecule has 0 radical (unpaired) electrons. The smallest absolute Gasteiger partial charge is 0.348 e. The molecule has 0 fully saturated rings. The van der Waals surface area contributed by atoms with Gasteiger partial charge in [-0.2, -0.15) is 0 Å². The van der Waals surface area contributed by atoms with E-state index in [4.69, 9.17) is 9.84 Å². The van der Waals surface area contributed by atoms with Crippen LogP contribution in [0, 0.1) is 0 Å². The van der Waals surface area contributed by atoms with Gasteiger partial charge in [0, 0.05) is 0 Å². The van der Waals surface area contributed by atoms with Crippen molar-refractivity contribution >= 4 is 11.9 Å².